The van der Waals surface area contributed by atoms with Crippen molar-refractivity contribution in [2.75, 3.05) is 4.90 Å². The molecule has 1 saturated carbocycles. The van der Waals surface area contributed by atoms with Crippen LogP contribution in [0.3, 0.4) is 0 Å². The fourth-order valence-corrected chi connectivity index (χ4v) is 5.40. The Labute approximate surface area is 248 Å². The Hall–Kier alpha value is -4.05. The topological polar surface area (TPSA) is 94.9 Å². The van der Waals surface area contributed by atoms with Crippen LogP contribution in [0, 0.1) is 11.8 Å². The second-order valence-electron chi connectivity index (χ2n) is 11.2. The second-order valence-corrected chi connectivity index (χ2v) is 11.2. The highest BCUT2D eigenvalue weighted by atomic mass is 19.4. The van der Waals surface area contributed by atoms with Crippen LogP contribution in [-0.4, -0.2) is 39.9 Å². The van der Waals surface area contributed by atoms with Crippen LogP contribution in [0.25, 0.3) is 0 Å². The molecule has 5 rings (SSSR count). The molecule has 2 amide bonds. The highest BCUT2D eigenvalue weighted by Gasteiger charge is 2.38. The number of aromatic nitrogens is 1. The van der Waals surface area contributed by atoms with Crippen LogP contribution in [-0.2, 0) is 22.3 Å². The number of benzene rings is 2. The van der Waals surface area contributed by atoms with E-state index < -0.39 is 41.7 Å². The average molecular weight is 593 g/mol. The first-order valence-electron chi connectivity index (χ1n) is 14.7. The third-order valence-electron chi connectivity index (χ3n) is 7.96. The highest BCUT2D eigenvalue weighted by Crippen LogP contribution is 2.37. The van der Waals surface area contributed by atoms with Crippen molar-refractivity contribution in [3.63, 3.8) is 0 Å². The number of carbonyl (C=O) groups excluding carboxylic acids is 2. The van der Waals surface area contributed by atoms with Crippen molar-refractivity contribution in [3.05, 3.63) is 95.3 Å². The van der Waals surface area contributed by atoms with Gasteiger partial charge in [-0.05, 0) is 49.1 Å². The summed E-state index contributed by atoms with van der Waals surface area (Å²) in [6.07, 6.45) is -0.509. The van der Waals surface area contributed by atoms with E-state index in [1.165, 1.54) is 17.0 Å². The molecule has 1 fully saturated rings. The minimum absolute atomic E-state index is 0.0868. The van der Waals surface area contributed by atoms with E-state index in [1.807, 2.05) is 6.92 Å². The largest absolute Gasteiger partial charge is 0.416 e. The number of fused-ring (bicyclic) bond motifs is 1. The third kappa shape index (κ3) is 7.30. The maximum absolute atomic E-state index is 14.2. The maximum atomic E-state index is 14.2. The van der Waals surface area contributed by atoms with Crippen molar-refractivity contribution in [1.82, 2.24) is 10.3 Å². The number of halogens is 3. The van der Waals surface area contributed by atoms with Crippen molar-refractivity contribution in [1.29, 1.82) is 0 Å². The van der Waals surface area contributed by atoms with Gasteiger partial charge in [0, 0.05) is 17.3 Å². The van der Waals surface area contributed by atoms with Crippen LogP contribution in [0.2, 0.25) is 0 Å². The molecule has 1 unspecified atom stereocenters. The molecule has 2 aliphatic rings. The summed E-state index contributed by atoms with van der Waals surface area (Å²) in [7, 11) is 0. The summed E-state index contributed by atoms with van der Waals surface area (Å²) in [4.78, 5) is 38.5. The zero-order valence-electron chi connectivity index (χ0n) is 23.9. The summed E-state index contributed by atoms with van der Waals surface area (Å²) in [6, 6.07) is 16.9. The number of carbonyl (C=O) groups is 2. The lowest BCUT2D eigenvalue weighted by Crippen LogP contribution is -2.50. The summed E-state index contributed by atoms with van der Waals surface area (Å²) < 4.78 is 40.0. The minimum atomic E-state index is -4.51. The lowest BCUT2D eigenvalue weighted by molar-refractivity contribution is -0.137. The molecule has 7 nitrogen and oxygen atoms in total. The molecular formula is C33H35F3N4O3. The molecular weight excluding hydrogens is 557 g/mol. The Bertz CT molecular complexity index is 1460. The van der Waals surface area contributed by atoms with Gasteiger partial charge < -0.3 is 15.3 Å². The molecule has 43 heavy (non-hydrogen) atoms. The van der Waals surface area contributed by atoms with Crippen molar-refractivity contribution >= 4 is 23.2 Å². The van der Waals surface area contributed by atoms with E-state index in [4.69, 9.17) is 4.99 Å². The number of hydrogen-bond acceptors (Lipinski definition) is 5. The number of rotatable bonds is 11. The van der Waals surface area contributed by atoms with E-state index in [-0.39, 0.29) is 12.3 Å². The number of anilines is 1. The summed E-state index contributed by atoms with van der Waals surface area (Å²) in [5, 5.41) is 13.8. The first-order chi connectivity index (χ1) is 20.7. The lowest BCUT2D eigenvalue weighted by Gasteiger charge is -2.27. The Balaban J connectivity index is 1.55. The SMILES string of the molecule is CCCC[C@H](O)[C@@H](CC1CC1)C(=O)NC1N=C(c2ccc(C(F)(F)F)cc2)c2ccccc2N(Cc2ccccn2)C1=O. The first-order valence-corrected chi connectivity index (χ1v) is 14.7. The van der Waals surface area contributed by atoms with Crippen LogP contribution < -0.4 is 10.2 Å². The zero-order valence-corrected chi connectivity index (χ0v) is 23.9. The van der Waals surface area contributed by atoms with Gasteiger partial charge in [0.15, 0.2) is 0 Å². The van der Waals surface area contributed by atoms with Crippen molar-refractivity contribution < 1.29 is 27.9 Å². The predicted molar refractivity (Wildman–Crippen MR) is 157 cm³/mol. The normalized spacial score (nSPS) is 18.3. The number of aliphatic hydroxyl groups is 1. The van der Waals surface area contributed by atoms with Crippen LogP contribution >= 0.6 is 0 Å². The van der Waals surface area contributed by atoms with Crippen molar-refractivity contribution in [3.8, 4) is 0 Å². The van der Waals surface area contributed by atoms with Gasteiger partial charge in [0.25, 0.3) is 5.91 Å². The molecule has 3 atom stereocenters. The zero-order chi connectivity index (χ0) is 30.6. The van der Waals surface area contributed by atoms with Gasteiger partial charge in [-0.3, -0.25) is 14.6 Å². The number of pyridine rings is 1. The summed E-state index contributed by atoms with van der Waals surface area (Å²) in [5.41, 5.74) is 1.46. The second kappa shape index (κ2) is 13.1. The number of benzodiazepines with no additional fused rings is 1. The number of amides is 2. The van der Waals surface area contributed by atoms with Gasteiger partial charge in [0.2, 0.25) is 12.1 Å². The van der Waals surface area contributed by atoms with E-state index >= 15 is 0 Å². The Morgan fingerprint density at radius 2 is 1.79 bits per heavy atom. The molecule has 1 aliphatic heterocycles. The molecule has 0 radical (unpaired) electrons. The average Bonchev–Trinajstić information content (AvgIpc) is 3.84. The van der Waals surface area contributed by atoms with Crippen LogP contribution in [0.4, 0.5) is 18.9 Å². The van der Waals surface area contributed by atoms with E-state index in [9.17, 15) is 27.9 Å². The molecule has 3 aromatic rings. The van der Waals surface area contributed by atoms with E-state index in [0.29, 0.717) is 41.3 Å². The van der Waals surface area contributed by atoms with E-state index in [1.54, 1.807) is 48.7 Å². The number of para-hydroxylation sites is 1. The fourth-order valence-electron chi connectivity index (χ4n) is 5.40. The summed E-state index contributed by atoms with van der Waals surface area (Å²) in [5.74, 6) is -1.32. The Kier molecular flexibility index (Phi) is 9.25. The number of hydrogen-bond donors (Lipinski definition) is 2. The maximum Gasteiger partial charge on any atom is 0.416 e. The molecule has 2 N–H and O–H groups in total. The highest BCUT2D eigenvalue weighted by molar-refractivity contribution is 6.20. The lowest BCUT2D eigenvalue weighted by atomic mass is 9.91. The molecule has 2 heterocycles. The number of alkyl halides is 3. The fraction of sp³-hybridized carbons (Fsp3) is 0.394. The molecule has 0 bridgehead atoms. The summed E-state index contributed by atoms with van der Waals surface area (Å²) >= 11 is 0. The number of aliphatic hydroxyl groups excluding tert-OH is 1. The number of unbranched alkanes of at least 4 members (excludes halogenated alkanes) is 1. The molecule has 1 aliphatic carbocycles. The van der Waals surface area contributed by atoms with Gasteiger partial charge >= 0.3 is 6.18 Å². The van der Waals surface area contributed by atoms with Gasteiger partial charge in [0.05, 0.1) is 41.2 Å². The third-order valence-corrected chi connectivity index (χ3v) is 7.96. The molecule has 10 heteroatoms. The van der Waals surface area contributed by atoms with Crippen molar-refractivity contribution in [2.45, 2.75) is 70.4 Å². The predicted octanol–water partition coefficient (Wildman–Crippen LogP) is 5.89. The van der Waals surface area contributed by atoms with E-state index in [0.717, 1.165) is 37.8 Å². The number of aliphatic imine (C=N–C) groups is 1. The molecule has 226 valence electrons. The standard InChI is InChI=1S/C33H35F3N4O3/c1-2-3-11-28(41)26(19-21-12-13-21)31(42)39-30-32(43)40(20-24-8-6-7-18-37-24)27-10-5-4-9-25(27)29(38-30)22-14-16-23(17-15-22)33(34,35)36/h4-10,14-18,21,26,28,30,41H,2-3,11-13,19-20H2,1H3,(H,39,42)/t26-,28+,30?/m1/s1. The molecule has 1 aromatic heterocycles. The van der Waals surface area contributed by atoms with Crippen LogP contribution in [0.1, 0.15) is 67.8 Å². The van der Waals surface area contributed by atoms with Gasteiger partial charge in [-0.15, -0.1) is 0 Å². The van der Waals surface area contributed by atoms with Gasteiger partial charge in [0.1, 0.15) is 0 Å². The Morgan fingerprint density at radius 1 is 1.07 bits per heavy atom. The Morgan fingerprint density at radius 3 is 2.44 bits per heavy atom. The molecule has 2 aromatic carbocycles. The molecule has 0 spiro atoms. The van der Waals surface area contributed by atoms with Gasteiger partial charge in [-0.25, -0.2) is 4.99 Å². The monoisotopic (exact) mass is 592 g/mol. The van der Waals surface area contributed by atoms with E-state index in [2.05, 4.69) is 10.3 Å². The van der Waals surface area contributed by atoms with Crippen LogP contribution in [0.15, 0.2) is 77.9 Å². The smallest absolute Gasteiger partial charge is 0.392 e. The quantitative estimate of drug-likeness (QED) is 0.290. The minimum Gasteiger partial charge on any atom is -0.392 e. The number of nitrogens with one attached hydrogen (secondary N) is 1. The molecule has 0 saturated heterocycles. The van der Waals surface area contributed by atoms with Crippen molar-refractivity contribution in [2.24, 2.45) is 16.8 Å². The number of nitrogens with zero attached hydrogens (tertiary/aromatic N) is 3. The van der Waals surface area contributed by atoms with Gasteiger partial charge in [-0.1, -0.05) is 69.0 Å². The van der Waals surface area contributed by atoms with Gasteiger partial charge in [-0.2, -0.15) is 13.2 Å². The summed E-state index contributed by atoms with van der Waals surface area (Å²) in [6.45, 7) is 2.10. The first kappa shape index (κ1) is 30.4. The van der Waals surface area contributed by atoms with Crippen LogP contribution in [0.5, 0.6) is 0 Å².